The second-order valence-corrected chi connectivity index (χ2v) is 5.84. The van der Waals surface area contributed by atoms with Crippen molar-refractivity contribution in [2.75, 3.05) is 19.5 Å². The molecule has 0 saturated heterocycles. The molecule has 1 N–H and O–H groups in total. The van der Waals surface area contributed by atoms with Crippen molar-refractivity contribution in [1.29, 1.82) is 0 Å². The van der Waals surface area contributed by atoms with Crippen LogP contribution in [0.5, 0.6) is 11.5 Å². The maximum absolute atomic E-state index is 13.8. The van der Waals surface area contributed by atoms with Gasteiger partial charge in [0.05, 0.1) is 26.3 Å². The second kappa shape index (κ2) is 8.21. The topological polar surface area (TPSA) is 65.4 Å². The number of nitrogens with zero attached hydrogens (tertiary/aromatic N) is 2. The van der Waals surface area contributed by atoms with Gasteiger partial charge in [0.25, 0.3) is 5.91 Å². The van der Waals surface area contributed by atoms with E-state index >= 15 is 0 Å². The van der Waals surface area contributed by atoms with Gasteiger partial charge in [0.1, 0.15) is 17.1 Å². The van der Waals surface area contributed by atoms with Crippen LogP contribution in [0.25, 0.3) is 0 Å². The van der Waals surface area contributed by atoms with Crippen molar-refractivity contribution in [2.24, 2.45) is 0 Å². The number of rotatable bonds is 6. The molecule has 1 heterocycles. The number of hydrogen-bond donors (Lipinski definition) is 1. The molecule has 0 aliphatic rings. The van der Waals surface area contributed by atoms with Crippen molar-refractivity contribution >= 4 is 11.7 Å². The van der Waals surface area contributed by atoms with Gasteiger partial charge >= 0.3 is 0 Å². The van der Waals surface area contributed by atoms with Crippen LogP contribution in [0.2, 0.25) is 0 Å². The molecule has 29 heavy (non-hydrogen) atoms. The Morgan fingerprint density at radius 1 is 1.03 bits per heavy atom. The number of amides is 1. The number of aromatic nitrogens is 2. The molecule has 1 amide bonds. The van der Waals surface area contributed by atoms with Crippen molar-refractivity contribution < 1.29 is 31.8 Å². The molecule has 3 rings (SSSR count). The van der Waals surface area contributed by atoms with E-state index in [1.165, 1.54) is 26.5 Å². The van der Waals surface area contributed by atoms with Gasteiger partial charge in [0.15, 0.2) is 29.1 Å². The molecule has 0 aliphatic heterocycles. The fraction of sp³-hybridized carbons (Fsp3) is 0.158. The summed E-state index contributed by atoms with van der Waals surface area (Å²) in [7, 11) is 2.78. The number of anilines is 1. The molecule has 0 radical (unpaired) electrons. The van der Waals surface area contributed by atoms with E-state index in [1.54, 1.807) is 18.2 Å². The Balaban J connectivity index is 1.83. The summed E-state index contributed by atoms with van der Waals surface area (Å²) in [5.74, 6) is -6.07. The molecule has 3 aromatic rings. The number of carbonyl (C=O) groups excluding carboxylic acids is 1. The van der Waals surface area contributed by atoms with Gasteiger partial charge in [-0.1, -0.05) is 6.07 Å². The number of nitrogens with one attached hydrogen (secondary N) is 1. The molecule has 0 atom stereocenters. The number of halogens is 4. The van der Waals surface area contributed by atoms with Crippen LogP contribution in [0, 0.1) is 23.3 Å². The van der Waals surface area contributed by atoms with Gasteiger partial charge < -0.3 is 14.8 Å². The largest absolute Gasteiger partial charge is 0.496 e. The SMILES string of the molecule is COc1cccc(OC)c1C(=O)Nc1ccn(Cc2c(F)c(F)cc(F)c2F)n1. The van der Waals surface area contributed by atoms with Gasteiger partial charge in [0.2, 0.25) is 0 Å². The van der Waals surface area contributed by atoms with Crippen LogP contribution >= 0.6 is 0 Å². The van der Waals surface area contributed by atoms with Crippen LogP contribution in [0.15, 0.2) is 36.5 Å². The van der Waals surface area contributed by atoms with E-state index in [0.29, 0.717) is 0 Å². The zero-order valence-electron chi connectivity index (χ0n) is 15.3. The quantitative estimate of drug-likeness (QED) is 0.498. The van der Waals surface area contributed by atoms with Crippen molar-refractivity contribution in [3.63, 3.8) is 0 Å². The van der Waals surface area contributed by atoms with E-state index in [2.05, 4.69) is 10.4 Å². The monoisotopic (exact) mass is 409 g/mol. The zero-order chi connectivity index (χ0) is 21.1. The molecule has 0 saturated carbocycles. The third-order valence-electron chi connectivity index (χ3n) is 4.06. The lowest BCUT2D eigenvalue weighted by atomic mass is 10.1. The first-order chi connectivity index (χ1) is 13.8. The lowest BCUT2D eigenvalue weighted by molar-refractivity contribution is 0.102. The third kappa shape index (κ3) is 4.00. The molecule has 0 spiro atoms. The Kier molecular flexibility index (Phi) is 5.71. The smallest absolute Gasteiger partial charge is 0.264 e. The van der Waals surface area contributed by atoms with Gasteiger partial charge in [-0.3, -0.25) is 9.48 Å². The maximum Gasteiger partial charge on any atom is 0.264 e. The highest BCUT2D eigenvalue weighted by Crippen LogP contribution is 2.29. The van der Waals surface area contributed by atoms with Crippen LogP contribution < -0.4 is 14.8 Å². The van der Waals surface area contributed by atoms with Gasteiger partial charge in [-0.15, -0.1) is 0 Å². The highest BCUT2D eigenvalue weighted by Gasteiger charge is 2.21. The van der Waals surface area contributed by atoms with Crippen LogP contribution in [-0.4, -0.2) is 29.9 Å². The van der Waals surface area contributed by atoms with Crippen LogP contribution in [0.1, 0.15) is 15.9 Å². The summed E-state index contributed by atoms with van der Waals surface area (Å²) in [6, 6.07) is 6.26. The van der Waals surface area contributed by atoms with Crippen molar-refractivity contribution in [3.8, 4) is 11.5 Å². The fourth-order valence-corrected chi connectivity index (χ4v) is 2.69. The molecule has 10 heteroatoms. The summed E-state index contributed by atoms with van der Waals surface area (Å²) < 4.78 is 65.6. The van der Waals surface area contributed by atoms with E-state index in [9.17, 15) is 22.4 Å². The van der Waals surface area contributed by atoms with E-state index in [1.807, 2.05) is 0 Å². The molecule has 0 unspecified atom stereocenters. The van der Waals surface area contributed by atoms with Gasteiger partial charge in [-0.25, -0.2) is 17.6 Å². The Labute approximate surface area is 162 Å². The highest BCUT2D eigenvalue weighted by molar-refractivity contribution is 6.07. The summed E-state index contributed by atoms with van der Waals surface area (Å²) in [5, 5.41) is 6.45. The van der Waals surface area contributed by atoms with Gasteiger partial charge in [-0.05, 0) is 12.1 Å². The Morgan fingerprint density at radius 2 is 1.62 bits per heavy atom. The van der Waals surface area contributed by atoms with Crippen molar-refractivity contribution in [1.82, 2.24) is 9.78 Å². The molecule has 0 aliphatic carbocycles. The Bertz CT molecular complexity index is 1020. The number of carbonyl (C=O) groups is 1. The fourth-order valence-electron chi connectivity index (χ4n) is 2.69. The standard InChI is InChI=1S/C19H15F4N3O3/c1-28-13-4-3-5-14(29-2)16(13)19(27)24-15-6-7-26(25-15)9-10-17(22)11(20)8-12(21)18(10)23/h3-8H,9H2,1-2H3,(H,24,25,27). The minimum absolute atomic E-state index is 0.0423. The average Bonchev–Trinajstić information content (AvgIpc) is 3.15. The van der Waals surface area contributed by atoms with Crippen molar-refractivity contribution in [2.45, 2.75) is 6.54 Å². The molecule has 0 fully saturated rings. The number of hydrogen-bond acceptors (Lipinski definition) is 4. The summed E-state index contributed by atoms with van der Waals surface area (Å²) in [6.45, 7) is -0.583. The highest BCUT2D eigenvalue weighted by atomic mass is 19.2. The van der Waals surface area contributed by atoms with Gasteiger partial charge in [0, 0.05) is 18.3 Å². The first-order valence-electron chi connectivity index (χ1n) is 8.23. The van der Waals surface area contributed by atoms with E-state index in [-0.39, 0.29) is 28.9 Å². The molecule has 2 aromatic carbocycles. The minimum atomic E-state index is -1.51. The second-order valence-electron chi connectivity index (χ2n) is 5.84. The average molecular weight is 409 g/mol. The summed E-state index contributed by atoms with van der Waals surface area (Å²) >= 11 is 0. The predicted molar refractivity (Wildman–Crippen MR) is 95.1 cm³/mol. The molecule has 0 bridgehead atoms. The normalized spacial score (nSPS) is 10.7. The number of methoxy groups -OCH3 is 2. The Hall–Kier alpha value is -3.56. The lowest BCUT2D eigenvalue weighted by Gasteiger charge is -2.12. The Morgan fingerprint density at radius 3 is 2.17 bits per heavy atom. The first kappa shape index (κ1) is 20.2. The van der Waals surface area contributed by atoms with Crippen molar-refractivity contribution in [3.05, 3.63) is 70.9 Å². The van der Waals surface area contributed by atoms with Gasteiger partial charge in [-0.2, -0.15) is 5.10 Å². The molecular formula is C19H15F4N3O3. The molecule has 152 valence electrons. The number of benzene rings is 2. The summed E-state index contributed by atoms with van der Waals surface area (Å²) in [6.07, 6.45) is 1.29. The molecule has 6 nitrogen and oxygen atoms in total. The lowest BCUT2D eigenvalue weighted by Crippen LogP contribution is -2.15. The molecular weight excluding hydrogens is 394 g/mol. The third-order valence-corrected chi connectivity index (χ3v) is 4.06. The number of ether oxygens (including phenoxy) is 2. The van der Waals surface area contributed by atoms with E-state index in [4.69, 9.17) is 9.47 Å². The maximum atomic E-state index is 13.8. The predicted octanol–water partition coefficient (Wildman–Crippen LogP) is 3.76. The van der Waals surface area contributed by atoms with E-state index < -0.39 is 41.3 Å². The van der Waals surface area contributed by atoms with Crippen LogP contribution in [-0.2, 0) is 6.54 Å². The summed E-state index contributed by atoms with van der Waals surface area (Å²) in [4.78, 5) is 12.6. The van der Waals surface area contributed by atoms with E-state index in [0.717, 1.165) is 4.68 Å². The zero-order valence-corrected chi connectivity index (χ0v) is 15.3. The van der Waals surface area contributed by atoms with Crippen LogP contribution in [0.3, 0.4) is 0 Å². The first-order valence-corrected chi connectivity index (χ1v) is 8.23. The summed E-state index contributed by atoms with van der Waals surface area (Å²) in [5.41, 5.74) is -0.703. The van der Waals surface area contributed by atoms with Crippen LogP contribution in [0.4, 0.5) is 23.4 Å². The molecule has 1 aromatic heterocycles. The minimum Gasteiger partial charge on any atom is -0.496 e.